The third kappa shape index (κ3) is 3.17. The van der Waals surface area contributed by atoms with E-state index < -0.39 is 30.6 Å². The van der Waals surface area contributed by atoms with E-state index in [-0.39, 0.29) is 19.0 Å². The molecule has 0 saturated carbocycles. The minimum atomic E-state index is -1.33. The van der Waals surface area contributed by atoms with Gasteiger partial charge >= 0.3 is 5.97 Å². The minimum absolute atomic E-state index is 0.00888. The number of hydrogen-bond acceptors (Lipinski definition) is 5. The van der Waals surface area contributed by atoms with E-state index in [1.807, 2.05) is 0 Å². The molecule has 0 aliphatic carbocycles. The first-order valence-electron chi connectivity index (χ1n) is 4.68. The normalized spacial score (nSPS) is 22.1. The number of hydrogen-bond donors (Lipinski definition) is 5. The van der Waals surface area contributed by atoms with E-state index in [0.717, 1.165) is 0 Å². The largest absolute Gasteiger partial charge is 0.480 e. The highest BCUT2D eigenvalue weighted by Crippen LogP contribution is 1.91. The molecule has 5 N–H and O–H groups in total. The average molecular weight is 231 g/mol. The van der Waals surface area contributed by atoms with Gasteiger partial charge in [0.05, 0.1) is 13.2 Å². The van der Waals surface area contributed by atoms with Crippen LogP contribution in [-0.2, 0) is 14.4 Å². The Morgan fingerprint density at radius 3 is 2.69 bits per heavy atom. The van der Waals surface area contributed by atoms with Crippen LogP contribution in [0.1, 0.15) is 0 Å². The zero-order chi connectivity index (χ0) is 12.1. The summed E-state index contributed by atoms with van der Waals surface area (Å²) >= 11 is 0. The second-order valence-electron chi connectivity index (χ2n) is 3.32. The van der Waals surface area contributed by atoms with Gasteiger partial charge in [0.15, 0.2) is 0 Å². The van der Waals surface area contributed by atoms with Crippen LogP contribution in [0.15, 0.2) is 0 Å². The van der Waals surface area contributed by atoms with Crippen molar-refractivity contribution < 1.29 is 24.6 Å². The van der Waals surface area contributed by atoms with Gasteiger partial charge in [-0.1, -0.05) is 0 Å². The highest BCUT2D eigenvalue weighted by molar-refractivity contribution is 5.89. The molecule has 0 aromatic rings. The van der Waals surface area contributed by atoms with Crippen molar-refractivity contribution in [3.8, 4) is 0 Å². The van der Waals surface area contributed by atoms with E-state index in [4.69, 9.17) is 10.2 Å². The molecule has 1 aliphatic rings. The fourth-order valence-corrected chi connectivity index (χ4v) is 1.21. The van der Waals surface area contributed by atoms with Crippen molar-refractivity contribution in [1.29, 1.82) is 0 Å². The van der Waals surface area contributed by atoms with Crippen LogP contribution < -0.4 is 16.0 Å². The van der Waals surface area contributed by atoms with Crippen LogP contribution in [0.2, 0.25) is 0 Å². The standard InChI is InChI=1S/C8H13N3O5/c12-3-5(8(15)16)11-7(14)4-1-10-6(13)2-9-4/h4-5,9,12H,1-3H2,(H,10,13)(H,11,14)(H,15,16)/t4?,5-/m1/s1. The van der Waals surface area contributed by atoms with Gasteiger partial charge in [-0.05, 0) is 0 Å². The van der Waals surface area contributed by atoms with Crippen molar-refractivity contribution in [1.82, 2.24) is 16.0 Å². The molecule has 90 valence electrons. The number of aliphatic hydroxyl groups excluding tert-OH is 1. The zero-order valence-electron chi connectivity index (χ0n) is 8.40. The summed E-state index contributed by atoms with van der Waals surface area (Å²) < 4.78 is 0. The number of carbonyl (C=O) groups is 3. The molecule has 0 radical (unpaired) electrons. The van der Waals surface area contributed by atoms with Gasteiger partial charge in [-0.3, -0.25) is 14.9 Å². The van der Waals surface area contributed by atoms with E-state index in [9.17, 15) is 14.4 Å². The van der Waals surface area contributed by atoms with Crippen LogP contribution in [0, 0.1) is 0 Å². The number of nitrogens with one attached hydrogen (secondary N) is 3. The molecule has 16 heavy (non-hydrogen) atoms. The minimum Gasteiger partial charge on any atom is -0.480 e. The fourth-order valence-electron chi connectivity index (χ4n) is 1.21. The van der Waals surface area contributed by atoms with Crippen LogP contribution in [0.5, 0.6) is 0 Å². The number of aliphatic hydroxyl groups is 1. The molecule has 0 bridgehead atoms. The molecule has 1 rings (SSSR count). The first kappa shape index (κ1) is 12.4. The van der Waals surface area contributed by atoms with Crippen molar-refractivity contribution in [2.24, 2.45) is 0 Å². The summed E-state index contributed by atoms with van der Waals surface area (Å²) in [6.07, 6.45) is 0. The van der Waals surface area contributed by atoms with Gasteiger partial charge in [0, 0.05) is 6.54 Å². The summed E-state index contributed by atoms with van der Waals surface area (Å²) in [5.74, 6) is -2.10. The lowest BCUT2D eigenvalue weighted by Crippen LogP contribution is -2.60. The molecule has 1 unspecified atom stereocenters. The predicted molar refractivity (Wildman–Crippen MR) is 51.5 cm³/mol. The van der Waals surface area contributed by atoms with Gasteiger partial charge in [-0.15, -0.1) is 0 Å². The van der Waals surface area contributed by atoms with E-state index in [1.165, 1.54) is 0 Å². The average Bonchev–Trinajstić information content (AvgIpc) is 2.26. The van der Waals surface area contributed by atoms with E-state index in [2.05, 4.69) is 16.0 Å². The van der Waals surface area contributed by atoms with Gasteiger partial charge in [-0.2, -0.15) is 0 Å². The van der Waals surface area contributed by atoms with Crippen molar-refractivity contribution >= 4 is 17.8 Å². The maximum atomic E-state index is 11.5. The third-order valence-corrected chi connectivity index (χ3v) is 2.13. The number of carboxylic acid groups (broad SMARTS) is 1. The summed E-state index contributed by atoms with van der Waals surface area (Å²) in [5, 5.41) is 24.5. The second-order valence-corrected chi connectivity index (χ2v) is 3.32. The third-order valence-electron chi connectivity index (χ3n) is 2.13. The molecule has 8 nitrogen and oxygen atoms in total. The molecule has 0 spiro atoms. The summed E-state index contributed by atoms with van der Waals surface area (Å²) in [4.78, 5) is 32.8. The van der Waals surface area contributed by atoms with E-state index >= 15 is 0 Å². The van der Waals surface area contributed by atoms with Crippen molar-refractivity contribution in [2.75, 3.05) is 19.7 Å². The fraction of sp³-hybridized carbons (Fsp3) is 0.625. The molecular formula is C8H13N3O5. The van der Waals surface area contributed by atoms with Crippen molar-refractivity contribution in [3.05, 3.63) is 0 Å². The predicted octanol–water partition coefficient (Wildman–Crippen LogP) is -3.36. The highest BCUT2D eigenvalue weighted by atomic mass is 16.4. The summed E-state index contributed by atoms with van der Waals surface area (Å²) in [5.41, 5.74) is 0. The zero-order valence-corrected chi connectivity index (χ0v) is 8.40. The van der Waals surface area contributed by atoms with E-state index in [1.54, 1.807) is 0 Å². The Hall–Kier alpha value is -1.67. The lowest BCUT2D eigenvalue weighted by Gasteiger charge is -2.24. The van der Waals surface area contributed by atoms with Crippen molar-refractivity contribution in [3.63, 3.8) is 0 Å². The number of carbonyl (C=O) groups excluding carboxylic acids is 2. The highest BCUT2D eigenvalue weighted by Gasteiger charge is 2.27. The number of rotatable bonds is 4. The molecule has 1 aliphatic heterocycles. The molecule has 2 amide bonds. The quantitative estimate of drug-likeness (QED) is 0.344. The topological polar surface area (TPSA) is 128 Å². The van der Waals surface area contributed by atoms with Crippen molar-refractivity contribution in [2.45, 2.75) is 12.1 Å². The lowest BCUT2D eigenvalue weighted by molar-refractivity contribution is -0.143. The van der Waals surface area contributed by atoms with Gasteiger partial charge in [0.25, 0.3) is 0 Å². The number of piperazine rings is 1. The number of carboxylic acids is 1. The monoisotopic (exact) mass is 231 g/mol. The summed E-state index contributed by atoms with van der Waals surface area (Å²) in [6.45, 7) is -0.572. The first-order valence-corrected chi connectivity index (χ1v) is 4.68. The Morgan fingerprint density at radius 2 is 2.25 bits per heavy atom. The molecule has 2 atom stereocenters. The molecule has 0 aromatic carbocycles. The Kier molecular flexibility index (Phi) is 4.20. The Morgan fingerprint density at radius 1 is 1.56 bits per heavy atom. The molecule has 1 saturated heterocycles. The smallest absolute Gasteiger partial charge is 0.328 e. The molecule has 1 heterocycles. The SMILES string of the molecule is O=C1CNC(C(=O)N[C@H](CO)C(=O)O)CN1. The van der Waals surface area contributed by atoms with Crippen LogP contribution in [0.4, 0.5) is 0 Å². The maximum absolute atomic E-state index is 11.5. The van der Waals surface area contributed by atoms with Gasteiger partial charge in [0.1, 0.15) is 12.1 Å². The summed E-state index contributed by atoms with van der Waals surface area (Å²) in [6, 6.07) is -2.00. The Bertz CT molecular complexity index is 296. The first-order chi connectivity index (χ1) is 7.54. The van der Waals surface area contributed by atoms with Gasteiger partial charge in [0.2, 0.25) is 11.8 Å². The molecule has 0 aromatic heterocycles. The second kappa shape index (κ2) is 5.42. The molecule has 8 heteroatoms. The molecule has 1 fully saturated rings. The Labute approximate surface area is 91.0 Å². The molecular weight excluding hydrogens is 218 g/mol. The summed E-state index contributed by atoms with van der Waals surface area (Å²) in [7, 11) is 0. The lowest BCUT2D eigenvalue weighted by atomic mass is 10.2. The van der Waals surface area contributed by atoms with Crippen LogP contribution in [-0.4, -0.2) is 59.8 Å². The Balaban J connectivity index is 2.45. The van der Waals surface area contributed by atoms with Crippen LogP contribution in [0.25, 0.3) is 0 Å². The number of aliphatic carboxylic acids is 1. The van der Waals surface area contributed by atoms with E-state index in [0.29, 0.717) is 0 Å². The van der Waals surface area contributed by atoms with Gasteiger partial charge in [-0.25, -0.2) is 4.79 Å². The van der Waals surface area contributed by atoms with Crippen LogP contribution >= 0.6 is 0 Å². The maximum Gasteiger partial charge on any atom is 0.328 e. The van der Waals surface area contributed by atoms with Crippen LogP contribution in [0.3, 0.4) is 0 Å². The number of amides is 2. The van der Waals surface area contributed by atoms with Gasteiger partial charge < -0.3 is 20.8 Å².